The number of nitrogens with two attached hydrogens (primary N) is 1. The average Bonchev–Trinajstić information content (AvgIpc) is 3.82. The van der Waals surface area contributed by atoms with Crippen LogP contribution in [0.1, 0.15) is 71.0 Å². The van der Waals surface area contributed by atoms with E-state index in [0.717, 1.165) is 17.2 Å². The zero-order valence-corrected chi connectivity index (χ0v) is 36.5. The Bertz CT molecular complexity index is 2690. The summed E-state index contributed by atoms with van der Waals surface area (Å²) in [4.78, 5) is 67.7. The number of carboxylic acid groups (broad SMARTS) is 1. The molecule has 1 aliphatic heterocycles. The maximum Gasteiger partial charge on any atom is 0.410 e. The van der Waals surface area contributed by atoms with Crippen LogP contribution in [-0.4, -0.2) is 86.4 Å². The summed E-state index contributed by atoms with van der Waals surface area (Å²) >= 11 is 0. The Morgan fingerprint density at radius 3 is 2.18 bits per heavy atom. The van der Waals surface area contributed by atoms with E-state index in [1.165, 1.54) is 15.8 Å². The first-order chi connectivity index (χ1) is 32.0. The van der Waals surface area contributed by atoms with Crippen LogP contribution in [0.5, 0.6) is 0 Å². The standard InChI is InChI=1S/C48H52FN9O8/c1-2-55-28-37(46(61)62)44(59)36-26-38(49)43(27-42(36)55)56-21-23-57(24-22-56)48(64)66-31-34-16-18-35(19-17-34)51-45(60)41(15-9-10-20-50)58-29-40(53-54-58)39(25-32-11-5-3-6-12-32)52-47(63)65-30-33-13-7-4-8-14-33/h3-8,11-14,16-19,26-29,39,41H,2,9-10,15,20-25,30-31,50H2,1H3,(H,51,60)(H,52,63)(H,61,62)/t39-,41?/m0/s1. The summed E-state index contributed by atoms with van der Waals surface area (Å²) in [7, 11) is 0. The van der Waals surface area contributed by atoms with Gasteiger partial charge in [-0.25, -0.2) is 23.5 Å². The number of hydrogen-bond acceptors (Lipinski definition) is 11. The molecule has 0 bridgehead atoms. The monoisotopic (exact) mass is 901 g/mol. The molecule has 2 aromatic heterocycles. The van der Waals surface area contributed by atoms with Gasteiger partial charge in [-0.3, -0.25) is 9.59 Å². The maximum absolute atomic E-state index is 15.4. The summed E-state index contributed by atoms with van der Waals surface area (Å²) < 4.78 is 29.6. The lowest BCUT2D eigenvalue weighted by atomic mass is 10.0. The van der Waals surface area contributed by atoms with Crippen molar-refractivity contribution in [1.29, 1.82) is 0 Å². The number of amides is 3. The molecule has 17 nitrogen and oxygen atoms in total. The van der Waals surface area contributed by atoms with Gasteiger partial charge in [0.1, 0.15) is 36.3 Å². The molecule has 1 aliphatic rings. The number of pyridine rings is 1. The molecule has 1 saturated heterocycles. The van der Waals surface area contributed by atoms with Crippen molar-refractivity contribution in [3.05, 3.63) is 153 Å². The largest absolute Gasteiger partial charge is 0.477 e. The molecule has 66 heavy (non-hydrogen) atoms. The molecular formula is C48H52FN9O8. The highest BCUT2D eigenvalue weighted by atomic mass is 19.1. The van der Waals surface area contributed by atoms with Gasteiger partial charge < -0.3 is 45.3 Å². The number of alkyl carbamates (subject to hydrolysis) is 1. The lowest BCUT2D eigenvalue weighted by Crippen LogP contribution is -2.49. The normalized spacial score (nSPS) is 13.5. The maximum atomic E-state index is 15.4. The second-order valence-electron chi connectivity index (χ2n) is 15.9. The zero-order chi connectivity index (χ0) is 46.6. The molecule has 344 valence electrons. The Kier molecular flexibility index (Phi) is 15.4. The Labute approximate surface area is 379 Å². The molecule has 3 heterocycles. The second kappa shape index (κ2) is 21.9. The van der Waals surface area contributed by atoms with Crippen LogP contribution in [0.2, 0.25) is 0 Å². The number of aromatic carboxylic acids is 1. The number of carbonyl (C=O) groups excluding carboxylic acids is 3. The highest BCUT2D eigenvalue weighted by Gasteiger charge is 2.28. The molecule has 6 aromatic rings. The van der Waals surface area contributed by atoms with Gasteiger partial charge in [-0.1, -0.05) is 78.0 Å². The van der Waals surface area contributed by atoms with Crippen LogP contribution in [0.4, 0.5) is 25.4 Å². The number of unbranched alkanes of at least 4 members (excludes halogenated alkanes) is 1. The SMILES string of the molecule is CCn1cc(C(=O)O)c(=O)c2cc(F)c(N3CCN(C(=O)OCc4ccc(NC(=O)C(CCCCN)n5cc([C@H](Cc6ccccc6)NC(=O)OCc6ccccc6)nn5)cc4)CC3)cc21. The van der Waals surface area contributed by atoms with Crippen molar-refractivity contribution in [1.82, 2.24) is 29.8 Å². The number of anilines is 2. The molecule has 1 fully saturated rings. The predicted molar refractivity (Wildman–Crippen MR) is 244 cm³/mol. The molecule has 3 amide bonds. The van der Waals surface area contributed by atoms with Crippen molar-refractivity contribution >= 4 is 46.3 Å². The quantitative estimate of drug-likeness (QED) is 0.0687. The van der Waals surface area contributed by atoms with Crippen molar-refractivity contribution < 1.29 is 38.1 Å². The summed E-state index contributed by atoms with van der Waals surface area (Å²) in [5.41, 5.74) is 8.74. The van der Waals surface area contributed by atoms with Crippen LogP contribution in [0, 0.1) is 5.82 Å². The lowest BCUT2D eigenvalue weighted by Gasteiger charge is -2.35. The topological polar surface area (TPSA) is 216 Å². The van der Waals surface area contributed by atoms with Gasteiger partial charge in [0.15, 0.2) is 0 Å². The Hall–Kier alpha value is -7.60. The van der Waals surface area contributed by atoms with E-state index in [2.05, 4.69) is 20.9 Å². The van der Waals surface area contributed by atoms with Crippen LogP contribution < -0.4 is 26.7 Å². The fourth-order valence-electron chi connectivity index (χ4n) is 7.79. The summed E-state index contributed by atoms with van der Waals surface area (Å²) in [6.07, 6.45) is 3.96. The van der Waals surface area contributed by atoms with Gasteiger partial charge in [0, 0.05) is 50.0 Å². The minimum atomic E-state index is -1.38. The number of carboxylic acids is 1. The lowest BCUT2D eigenvalue weighted by molar-refractivity contribution is -0.119. The molecular weight excluding hydrogens is 850 g/mol. The predicted octanol–water partition coefficient (Wildman–Crippen LogP) is 6.43. The van der Waals surface area contributed by atoms with Gasteiger partial charge in [-0.05, 0) is 80.1 Å². The number of rotatable bonds is 18. The van der Waals surface area contributed by atoms with E-state index in [9.17, 15) is 29.1 Å². The number of benzene rings is 4. The van der Waals surface area contributed by atoms with E-state index in [-0.39, 0.29) is 43.3 Å². The van der Waals surface area contributed by atoms with Crippen molar-refractivity contribution in [2.24, 2.45) is 5.73 Å². The molecule has 18 heteroatoms. The van der Waals surface area contributed by atoms with Crippen molar-refractivity contribution in [3.8, 4) is 0 Å². The van der Waals surface area contributed by atoms with Crippen molar-refractivity contribution in [2.75, 3.05) is 42.9 Å². The molecule has 5 N–H and O–H groups in total. The molecule has 1 unspecified atom stereocenters. The number of aryl methyl sites for hydroxylation is 1. The molecule has 0 radical (unpaired) electrons. The van der Waals surface area contributed by atoms with Crippen molar-refractivity contribution in [3.63, 3.8) is 0 Å². The fraction of sp³-hybridized carbons (Fsp3) is 0.312. The minimum Gasteiger partial charge on any atom is -0.477 e. The summed E-state index contributed by atoms with van der Waals surface area (Å²) in [6.45, 7) is 3.81. The van der Waals surface area contributed by atoms with Gasteiger partial charge >= 0.3 is 18.2 Å². The molecule has 0 saturated carbocycles. The first-order valence-electron chi connectivity index (χ1n) is 21.8. The van der Waals surface area contributed by atoms with Crippen LogP contribution in [-0.2, 0) is 40.4 Å². The highest BCUT2D eigenvalue weighted by molar-refractivity contribution is 5.94. The molecule has 7 rings (SSSR count). The van der Waals surface area contributed by atoms with Gasteiger partial charge in [-0.2, -0.15) is 0 Å². The summed E-state index contributed by atoms with van der Waals surface area (Å²) in [5, 5.41) is 24.1. The van der Waals surface area contributed by atoms with Crippen LogP contribution in [0.15, 0.2) is 114 Å². The first kappa shape index (κ1) is 46.4. The number of nitrogens with zero attached hydrogens (tertiary/aromatic N) is 6. The van der Waals surface area contributed by atoms with Crippen LogP contribution >= 0.6 is 0 Å². The average molecular weight is 902 g/mol. The fourth-order valence-corrected chi connectivity index (χ4v) is 7.79. The van der Waals surface area contributed by atoms with E-state index in [4.69, 9.17) is 15.2 Å². The van der Waals surface area contributed by atoms with E-state index in [0.29, 0.717) is 74.3 Å². The molecule has 2 atom stereocenters. The van der Waals surface area contributed by atoms with E-state index >= 15 is 4.39 Å². The number of hydrogen-bond donors (Lipinski definition) is 4. The summed E-state index contributed by atoms with van der Waals surface area (Å²) in [6, 6.07) is 27.2. The van der Waals surface area contributed by atoms with Gasteiger partial charge in [0.25, 0.3) is 0 Å². The number of aromatic nitrogens is 4. The van der Waals surface area contributed by atoms with Gasteiger partial charge in [-0.15, -0.1) is 5.10 Å². The first-order valence-corrected chi connectivity index (χ1v) is 21.8. The minimum absolute atomic E-state index is 0.0156. The number of piperazine rings is 1. The third-order valence-corrected chi connectivity index (χ3v) is 11.4. The third-order valence-electron chi connectivity index (χ3n) is 11.4. The van der Waals surface area contributed by atoms with Crippen LogP contribution in [0.25, 0.3) is 10.9 Å². The number of nitrogens with one attached hydrogen (secondary N) is 2. The van der Waals surface area contributed by atoms with Crippen molar-refractivity contribution in [2.45, 2.75) is 64.4 Å². The number of fused-ring (bicyclic) bond motifs is 1. The third kappa shape index (κ3) is 11.6. The van der Waals surface area contributed by atoms with Gasteiger partial charge in [0.2, 0.25) is 11.3 Å². The number of carbonyl (C=O) groups is 4. The van der Waals surface area contributed by atoms with E-state index in [1.54, 1.807) is 52.9 Å². The Balaban J connectivity index is 0.945. The molecule has 0 spiro atoms. The van der Waals surface area contributed by atoms with E-state index < -0.39 is 47.0 Å². The van der Waals surface area contributed by atoms with Crippen LogP contribution in [0.3, 0.4) is 0 Å². The summed E-state index contributed by atoms with van der Waals surface area (Å²) in [5.74, 6) is -2.37. The number of halogens is 1. The zero-order valence-electron chi connectivity index (χ0n) is 36.5. The second-order valence-corrected chi connectivity index (χ2v) is 15.9. The Morgan fingerprint density at radius 2 is 1.52 bits per heavy atom. The smallest absolute Gasteiger partial charge is 0.410 e. The molecule has 0 aliphatic carbocycles. The van der Waals surface area contributed by atoms with Gasteiger partial charge in [0.05, 0.1) is 23.4 Å². The highest BCUT2D eigenvalue weighted by Crippen LogP contribution is 2.27. The number of ether oxygens (including phenoxy) is 2. The molecule has 4 aromatic carbocycles. The Morgan fingerprint density at radius 1 is 0.848 bits per heavy atom. The van der Waals surface area contributed by atoms with E-state index in [1.807, 2.05) is 60.7 Å².